The van der Waals surface area contributed by atoms with Gasteiger partial charge in [-0.1, -0.05) is 0 Å². The largest absolute Gasteiger partial charge is 0.468 e. The first-order valence-electron chi connectivity index (χ1n) is 3.73. The Morgan fingerprint density at radius 3 is 2.67 bits per heavy atom. The predicted molar refractivity (Wildman–Crippen MR) is 46.3 cm³/mol. The van der Waals surface area contributed by atoms with Crippen LogP contribution in [0.25, 0.3) is 0 Å². The number of methoxy groups -OCH3 is 1. The van der Waals surface area contributed by atoms with Crippen molar-refractivity contribution in [2.24, 2.45) is 0 Å². The van der Waals surface area contributed by atoms with Crippen molar-refractivity contribution < 1.29 is 14.6 Å². The minimum atomic E-state index is -0.309. The van der Waals surface area contributed by atoms with Crippen LogP contribution in [-0.4, -0.2) is 36.9 Å². The van der Waals surface area contributed by atoms with Crippen molar-refractivity contribution in [3.8, 4) is 0 Å². The Hall–Kier alpha value is -0.320. The fourth-order valence-electron chi connectivity index (χ4n) is 1.18. The number of nitrogens with one attached hydrogen (secondary N) is 1. The SMILES string of the molecule is COC(=O)[C@@H]1CC[C@H](O)CN1.Cl. The third-order valence-corrected chi connectivity index (χ3v) is 1.87. The molecule has 1 rings (SSSR count). The van der Waals surface area contributed by atoms with E-state index in [-0.39, 0.29) is 30.5 Å². The molecule has 0 radical (unpaired) electrons. The van der Waals surface area contributed by atoms with Crippen LogP contribution in [0.1, 0.15) is 12.8 Å². The molecular weight excluding hydrogens is 182 g/mol. The van der Waals surface area contributed by atoms with Crippen molar-refractivity contribution in [2.75, 3.05) is 13.7 Å². The first-order valence-corrected chi connectivity index (χ1v) is 3.73. The maximum Gasteiger partial charge on any atom is 0.322 e. The van der Waals surface area contributed by atoms with Gasteiger partial charge in [0.15, 0.2) is 0 Å². The van der Waals surface area contributed by atoms with Crippen LogP contribution in [-0.2, 0) is 9.53 Å². The van der Waals surface area contributed by atoms with Gasteiger partial charge in [0, 0.05) is 6.54 Å². The second-order valence-corrected chi connectivity index (χ2v) is 2.72. The fourth-order valence-corrected chi connectivity index (χ4v) is 1.18. The number of hydrogen-bond acceptors (Lipinski definition) is 4. The zero-order chi connectivity index (χ0) is 8.27. The maximum absolute atomic E-state index is 10.9. The second kappa shape index (κ2) is 5.35. The van der Waals surface area contributed by atoms with E-state index in [0.717, 1.165) is 0 Å². The summed E-state index contributed by atoms with van der Waals surface area (Å²) in [7, 11) is 1.37. The molecule has 0 bridgehead atoms. The molecule has 1 fully saturated rings. The normalized spacial score (nSPS) is 28.8. The van der Waals surface area contributed by atoms with Gasteiger partial charge in [0.05, 0.1) is 13.2 Å². The molecule has 0 spiro atoms. The van der Waals surface area contributed by atoms with Crippen molar-refractivity contribution in [1.82, 2.24) is 5.32 Å². The molecule has 1 aliphatic heterocycles. The zero-order valence-corrected chi connectivity index (χ0v) is 7.76. The standard InChI is InChI=1S/C7H13NO3.ClH/c1-11-7(10)6-3-2-5(9)4-8-6;/h5-6,8-9H,2-4H2,1H3;1H/t5-,6-;/m0./s1. The van der Waals surface area contributed by atoms with Crippen molar-refractivity contribution in [2.45, 2.75) is 25.0 Å². The monoisotopic (exact) mass is 195 g/mol. The molecule has 4 nitrogen and oxygen atoms in total. The average molecular weight is 196 g/mol. The van der Waals surface area contributed by atoms with Gasteiger partial charge < -0.3 is 15.2 Å². The number of halogens is 1. The summed E-state index contributed by atoms with van der Waals surface area (Å²) in [6.07, 6.45) is 1.02. The van der Waals surface area contributed by atoms with E-state index in [1.54, 1.807) is 0 Å². The van der Waals surface area contributed by atoms with Gasteiger partial charge in [-0.2, -0.15) is 0 Å². The Kier molecular flexibility index (Phi) is 5.20. The van der Waals surface area contributed by atoms with Crippen molar-refractivity contribution in [3.63, 3.8) is 0 Å². The molecule has 0 unspecified atom stereocenters. The van der Waals surface area contributed by atoms with Crippen LogP contribution in [0.15, 0.2) is 0 Å². The molecule has 2 atom stereocenters. The molecule has 2 N–H and O–H groups in total. The minimum Gasteiger partial charge on any atom is -0.468 e. The smallest absolute Gasteiger partial charge is 0.322 e. The molecule has 1 saturated heterocycles. The summed E-state index contributed by atoms with van der Waals surface area (Å²) in [5, 5.41) is 12.0. The summed E-state index contributed by atoms with van der Waals surface area (Å²) < 4.78 is 4.54. The number of esters is 1. The van der Waals surface area contributed by atoms with Crippen LogP contribution < -0.4 is 5.32 Å². The Morgan fingerprint density at radius 2 is 2.25 bits per heavy atom. The molecule has 0 saturated carbocycles. The zero-order valence-electron chi connectivity index (χ0n) is 6.95. The van der Waals surface area contributed by atoms with Gasteiger partial charge in [0.1, 0.15) is 6.04 Å². The van der Waals surface area contributed by atoms with Crippen molar-refractivity contribution in [3.05, 3.63) is 0 Å². The lowest BCUT2D eigenvalue weighted by Gasteiger charge is -2.24. The molecule has 0 aromatic carbocycles. The number of carbonyl (C=O) groups is 1. The summed E-state index contributed by atoms with van der Waals surface area (Å²) in [5.74, 6) is -0.239. The van der Waals surface area contributed by atoms with Gasteiger partial charge in [-0.05, 0) is 12.8 Å². The molecule has 0 aromatic rings. The highest BCUT2D eigenvalue weighted by molar-refractivity contribution is 5.85. The van der Waals surface area contributed by atoms with Crippen molar-refractivity contribution >= 4 is 18.4 Å². The van der Waals surface area contributed by atoms with Gasteiger partial charge in [-0.3, -0.25) is 4.79 Å². The van der Waals surface area contributed by atoms with Crippen LogP contribution >= 0.6 is 12.4 Å². The summed E-state index contributed by atoms with van der Waals surface area (Å²) in [5.41, 5.74) is 0. The lowest BCUT2D eigenvalue weighted by Crippen LogP contribution is -2.46. The fraction of sp³-hybridized carbons (Fsp3) is 0.857. The van der Waals surface area contributed by atoms with E-state index in [0.29, 0.717) is 19.4 Å². The van der Waals surface area contributed by atoms with Gasteiger partial charge in [0.25, 0.3) is 0 Å². The first kappa shape index (κ1) is 11.7. The number of rotatable bonds is 1. The Bertz CT molecular complexity index is 146. The van der Waals surface area contributed by atoms with Crippen LogP contribution in [0.3, 0.4) is 0 Å². The molecule has 0 aliphatic carbocycles. The summed E-state index contributed by atoms with van der Waals surface area (Å²) in [4.78, 5) is 10.9. The van der Waals surface area contributed by atoms with E-state index >= 15 is 0 Å². The average Bonchev–Trinajstić information content (AvgIpc) is 2.05. The minimum absolute atomic E-state index is 0. The predicted octanol–water partition coefficient (Wildman–Crippen LogP) is -0.306. The Balaban J connectivity index is 0.00000121. The van der Waals surface area contributed by atoms with E-state index in [9.17, 15) is 4.79 Å². The van der Waals surface area contributed by atoms with Crippen LogP contribution in [0.2, 0.25) is 0 Å². The van der Waals surface area contributed by atoms with Crippen LogP contribution in [0, 0.1) is 0 Å². The lowest BCUT2D eigenvalue weighted by molar-refractivity contribution is -0.144. The number of aliphatic hydroxyl groups is 1. The van der Waals surface area contributed by atoms with Crippen LogP contribution in [0.4, 0.5) is 0 Å². The highest BCUT2D eigenvalue weighted by atomic mass is 35.5. The number of aliphatic hydroxyl groups excluding tert-OH is 1. The van der Waals surface area contributed by atoms with Gasteiger partial charge in [-0.25, -0.2) is 0 Å². The lowest BCUT2D eigenvalue weighted by atomic mass is 10.0. The molecule has 1 heterocycles. The van der Waals surface area contributed by atoms with E-state index in [2.05, 4.69) is 10.1 Å². The molecule has 72 valence electrons. The molecule has 0 aromatic heterocycles. The summed E-state index contributed by atoms with van der Waals surface area (Å²) >= 11 is 0. The van der Waals surface area contributed by atoms with E-state index in [1.807, 2.05) is 0 Å². The van der Waals surface area contributed by atoms with E-state index in [1.165, 1.54) is 7.11 Å². The van der Waals surface area contributed by atoms with E-state index in [4.69, 9.17) is 5.11 Å². The molecule has 12 heavy (non-hydrogen) atoms. The van der Waals surface area contributed by atoms with Crippen LogP contribution in [0.5, 0.6) is 0 Å². The number of carbonyl (C=O) groups excluding carboxylic acids is 1. The topological polar surface area (TPSA) is 58.6 Å². The Morgan fingerprint density at radius 1 is 1.58 bits per heavy atom. The quantitative estimate of drug-likeness (QED) is 0.564. The highest BCUT2D eigenvalue weighted by Gasteiger charge is 2.24. The molecule has 5 heteroatoms. The highest BCUT2D eigenvalue weighted by Crippen LogP contribution is 2.08. The van der Waals surface area contributed by atoms with E-state index < -0.39 is 0 Å². The summed E-state index contributed by atoms with van der Waals surface area (Å²) in [6, 6.07) is -0.219. The molecule has 1 aliphatic rings. The number of hydrogen-bond donors (Lipinski definition) is 2. The van der Waals surface area contributed by atoms with Gasteiger partial charge in [0.2, 0.25) is 0 Å². The van der Waals surface area contributed by atoms with Gasteiger partial charge in [-0.15, -0.1) is 12.4 Å². The summed E-state index contributed by atoms with van der Waals surface area (Å²) in [6.45, 7) is 0.486. The molecular formula is C7H14ClNO3. The third-order valence-electron chi connectivity index (χ3n) is 1.87. The van der Waals surface area contributed by atoms with Crippen molar-refractivity contribution in [1.29, 1.82) is 0 Å². The number of β-amino-alcohol motifs (C(OH)–C–C–N with tert-alkyl or cyclic N) is 1. The van der Waals surface area contributed by atoms with Gasteiger partial charge >= 0.3 is 5.97 Å². The second-order valence-electron chi connectivity index (χ2n) is 2.72. The maximum atomic E-state index is 10.9. The third kappa shape index (κ3) is 2.97. The molecule has 0 amide bonds. The first-order chi connectivity index (χ1) is 5.24. The number of piperidine rings is 1. The number of ether oxygens (including phenoxy) is 1. The Labute approximate surface area is 77.7 Å².